The second-order valence-corrected chi connectivity index (χ2v) is 5.73. The van der Waals surface area contributed by atoms with E-state index in [-0.39, 0.29) is 6.42 Å². The van der Waals surface area contributed by atoms with Crippen LogP contribution in [0.5, 0.6) is 0 Å². The van der Waals surface area contributed by atoms with Crippen LogP contribution in [0.1, 0.15) is 17.3 Å². The molecule has 0 amide bonds. The maximum absolute atomic E-state index is 10.4. The van der Waals surface area contributed by atoms with Gasteiger partial charge in [0.2, 0.25) is 0 Å². The van der Waals surface area contributed by atoms with E-state index in [1.807, 2.05) is 6.07 Å². The maximum atomic E-state index is 10.4. The molecule has 0 aromatic carbocycles. The Kier molecular flexibility index (Phi) is 3.90. The fraction of sp³-hybridized carbons (Fsp3) is 0.286. The molecule has 0 aliphatic rings. The highest BCUT2D eigenvalue weighted by molar-refractivity contribution is 9.13. The van der Waals surface area contributed by atoms with Gasteiger partial charge in [-0.2, -0.15) is 0 Å². The summed E-state index contributed by atoms with van der Waals surface area (Å²) in [6, 6.07) is 1.41. The molecule has 0 fully saturated rings. The lowest BCUT2D eigenvalue weighted by molar-refractivity contribution is -0.137. The summed E-state index contributed by atoms with van der Waals surface area (Å²) in [6.07, 6.45) is -0.0423. The first kappa shape index (κ1) is 11.2. The van der Waals surface area contributed by atoms with Gasteiger partial charge in [0, 0.05) is 15.4 Å². The van der Waals surface area contributed by atoms with Gasteiger partial charge in [-0.3, -0.25) is 4.79 Å². The minimum absolute atomic E-state index is 0.0423. The van der Waals surface area contributed by atoms with E-state index in [1.165, 1.54) is 11.3 Å². The van der Waals surface area contributed by atoms with Crippen molar-refractivity contribution in [1.82, 2.24) is 0 Å². The van der Waals surface area contributed by atoms with Crippen molar-refractivity contribution in [3.8, 4) is 0 Å². The van der Waals surface area contributed by atoms with Crippen LogP contribution in [0.2, 0.25) is 0 Å². The summed E-state index contributed by atoms with van der Waals surface area (Å²) in [5.41, 5.74) is 5.67. The summed E-state index contributed by atoms with van der Waals surface area (Å²) in [5.74, 6) is -0.881. The summed E-state index contributed by atoms with van der Waals surface area (Å²) in [7, 11) is 0. The Labute approximate surface area is 96.2 Å². The van der Waals surface area contributed by atoms with E-state index in [1.54, 1.807) is 0 Å². The molecule has 0 bridgehead atoms. The van der Waals surface area contributed by atoms with E-state index in [0.29, 0.717) is 0 Å². The van der Waals surface area contributed by atoms with Crippen LogP contribution in [0.4, 0.5) is 0 Å². The molecule has 1 rings (SSSR count). The number of hydrogen-bond donors (Lipinski definition) is 2. The summed E-state index contributed by atoms with van der Waals surface area (Å²) >= 11 is 8.08. The molecule has 0 aliphatic carbocycles. The van der Waals surface area contributed by atoms with Gasteiger partial charge in [-0.1, -0.05) is 0 Å². The molecule has 0 saturated carbocycles. The van der Waals surface area contributed by atoms with E-state index in [9.17, 15) is 4.79 Å². The topological polar surface area (TPSA) is 63.3 Å². The highest BCUT2D eigenvalue weighted by atomic mass is 79.9. The van der Waals surface area contributed by atoms with Gasteiger partial charge in [0.05, 0.1) is 10.2 Å². The van der Waals surface area contributed by atoms with Crippen molar-refractivity contribution < 1.29 is 9.90 Å². The highest BCUT2D eigenvalue weighted by Gasteiger charge is 2.14. The summed E-state index contributed by atoms with van der Waals surface area (Å²) in [4.78, 5) is 11.2. The number of halogens is 2. The third kappa shape index (κ3) is 3.05. The van der Waals surface area contributed by atoms with Crippen molar-refractivity contribution in [2.45, 2.75) is 12.5 Å². The van der Waals surface area contributed by atoms with Gasteiger partial charge in [0.1, 0.15) is 0 Å². The largest absolute Gasteiger partial charge is 0.481 e. The third-order valence-electron chi connectivity index (χ3n) is 1.42. The molecule has 0 spiro atoms. The highest BCUT2D eigenvalue weighted by Crippen LogP contribution is 2.35. The standard InChI is InChI=1S/C7H7Br2NO2S/c8-3-1-5(13-7(3)9)4(10)2-6(11)12/h1,4H,2,10H2,(H,11,12)/t4-/m1/s1. The van der Waals surface area contributed by atoms with Crippen LogP contribution >= 0.6 is 43.2 Å². The Morgan fingerprint density at radius 1 is 1.69 bits per heavy atom. The molecule has 3 nitrogen and oxygen atoms in total. The SMILES string of the molecule is N[C@H](CC(=O)O)c1cc(Br)c(Br)s1. The third-order valence-corrected chi connectivity index (χ3v) is 4.81. The van der Waals surface area contributed by atoms with E-state index in [2.05, 4.69) is 31.9 Å². The summed E-state index contributed by atoms with van der Waals surface area (Å²) in [5, 5.41) is 8.52. The first-order valence-corrected chi connectivity index (χ1v) is 5.83. The predicted octanol–water partition coefficient (Wildman–Crippen LogP) is 2.75. The molecular weight excluding hydrogens is 322 g/mol. The molecule has 6 heteroatoms. The van der Waals surface area contributed by atoms with Crippen LogP contribution in [0.15, 0.2) is 14.3 Å². The molecule has 0 saturated heterocycles. The molecule has 1 aromatic heterocycles. The van der Waals surface area contributed by atoms with Crippen molar-refractivity contribution in [1.29, 1.82) is 0 Å². The van der Waals surface area contributed by atoms with Gasteiger partial charge in [-0.15, -0.1) is 11.3 Å². The predicted molar refractivity (Wildman–Crippen MR) is 58.9 cm³/mol. The molecule has 3 N–H and O–H groups in total. The Hall–Kier alpha value is 0.0900. The second-order valence-electron chi connectivity index (χ2n) is 2.47. The Balaban J connectivity index is 2.77. The number of rotatable bonds is 3. The van der Waals surface area contributed by atoms with Crippen LogP contribution < -0.4 is 5.73 Å². The zero-order valence-corrected chi connectivity index (χ0v) is 10.4. The van der Waals surface area contributed by atoms with Gasteiger partial charge in [0.15, 0.2) is 0 Å². The van der Waals surface area contributed by atoms with Crippen LogP contribution in [0.25, 0.3) is 0 Å². The second kappa shape index (κ2) is 4.54. The Bertz CT molecular complexity index is 307. The number of thiophene rings is 1. The quantitative estimate of drug-likeness (QED) is 0.896. The van der Waals surface area contributed by atoms with Gasteiger partial charge in [-0.05, 0) is 37.9 Å². The van der Waals surface area contributed by atoms with E-state index >= 15 is 0 Å². The van der Waals surface area contributed by atoms with Crippen LogP contribution in [0, 0.1) is 0 Å². The molecule has 1 atom stereocenters. The van der Waals surface area contributed by atoms with Crippen molar-refractivity contribution in [2.24, 2.45) is 5.73 Å². The number of carboxylic acid groups (broad SMARTS) is 1. The normalized spacial score (nSPS) is 12.8. The zero-order chi connectivity index (χ0) is 10.0. The minimum atomic E-state index is -0.881. The molecule has 0 aliphatic heterocycles. The fourth-order valence-corrected chi connectivity index (χ4v) is 2.93. The first-order valence-electron chi connectivity index (χ1n) is 3.43. The molecule has 0 unspecified atom stereocenters. The van der Waals surface area contributed by atoms with E-state index < -0.39 is 12.0 Å². The molecule has 1 heterocycles. The number of carboxylic acids is 1. The number of carbonyl (C=O) groups is 1. The fourth-order valence-electron chi connectivity index (χ4n) is 0.835. The minimum Gasteiger partial charge on any atom is -0.481 e. The average molecular weight is 329 g/mol. The smallest absolute Gasteiger partial charge is 0.305 e. The van der Waals surface area contributed by atoms with Crippen molar-refractivity contribution in [3.63, 3.8) is 0 Å². The summed E-state index contributed by atoms with van der Waals surface area (Å²) < 4.78 is 1.84. The molecule has 1 aromatic rings. The van der Waals surface area contributed by atoms with Gasteiger partial charge >= 0.3 is 5.97 Å². The Morgan fingerprint density at radius 3 is 2.69 bits per heavy atom. The van der Waals surface area contributed by atoms with Crippen LogP contribution in [-0.2, 0) is 4.79 Å². The average Bonchev–Trinajstić information content (AvgIpc) is 2.31. The van der Waals surface area contributed by atoms with Crippen LogP contribution in [-0.4, -0.2) is 11.1 Å². The lowest BCUT2D eigenvalue weighted by Crippen LogP contribution is -2.13. The molecule has 72 valence electrons. The van der Waals surface area contributed by atoms with Crippen LogP contribution in [0.3, 0.4) is 0 Å². The molecular formula is C7H7Br2NO2S. The first-order chi connectivity index (χ1) is 6.00. The van der Waals surface area contributed by atoms with Crippen molar-refractivity contribution in [3.05, 3.63) is 19.2 Å². The van der Waals surface area contributed by atoms with Gasteiger partial charge < -0.3 is 10.8 Å². The molecule has 13 heavy (non-hydrogen) atoms. The van der Waals surface area contributed by atoms with E-state index in [0.717, 1.165) is 13.1 Å². The van der Waals surface area contributed by atoms with Gasteiger partial charge in [0.25, 0.3) is 0 Å². The molecule has 0 radical (unpaired) electrons. The van der Waals surface area contributed by atoms with Gasteiger partial charge in [-0.25, -0.2) is 0 Å². The number of nitrogens with two attached hydrogens (primary N) is 1. The zero-order valence-electron chi connectivity index (χ0n) is 6.46. The maximum Gasteiger partial charge on any atom is 0.305 e. The number of hydrogen-bond acceptors (Lipinski definition) is 3. The lowest BCUT2D eigenvalue weighted by atomic mass is 10.2. The van der Waals surface area contributed by atoms with E-state index in [4.69, 9.17) is 10.8 Å². The van der Waals surface area contributed by atoms with Crippen molar-refractivity contribution in [2.75, 3.05) is 0 Å². The summed E-state index contributed by atoms with van der Waals surface area (Å²) in [6.45, 7) is 0. The van der Waals surface area contributed by atoms with Crippen molar-refractivity contribution >= 4 is 49.2 Å². The Morgan fingerprint density at radius 2 is 2.31 bits per heavy atom. The number of aliphatic carboxylic acids is 1. The monoisotopic (exact) mass is 327 g/mol. The lowest BCUT2D eigenvalue weighted by Gasteiger charge is -2.04.